The molecule has 0 fully saturated rings. The van der Waals surface area contributed by atoms with Gasteiger partial charge >= 0.3 is 0 Å². The van der Waals surface area contributed by atoms with Gasteiger partial charge < -0.3 is 5.32 Å². The van der Waals surface area contributed by atoms with Crippen LogP contribution in [0.15, 0.2) is 66.0 Å². The van der Waals surface area contributed by atoms with Gasteiger partial charge in [-0.2, -0.15) is 0 Å². The number of benzene rings is 2. The molecule has 0 aliphatic rings. The third-order valence-corrected chi connectivity index (χ3v) is 4.31. The lowest BCUT2D eigenvalue weighted by Crippen LogP contribution is -2.12. The van der Waals surface area contributed by atoms with Crippen molar-refractivity contribution in [1.29, 1.82) is 0 Å². The SMILES string of the molecule is O=C(Nc1ccccc1-c1cccs1)c1ccccc1Cl. The van der Waals surface area contributed by atoms with Crippen LogP contribution in [0.25, 0.3) is 10.4 Å². The second-order valence-electron chi connectivity index (χ2n) is 4.46. The lowest BCUT2D eigenvalue weighted by molar-refractivity contribution is 0.102. The molecule has 0 bridgehead atoms. The van der Waals surface area contributed by atoms with E-state index in [1.54, 1.807) is 35.6 Å². The molecule has 2 aromatic carbocycles. The smallest absolute Gasteiger partial charge is 0.257 e. The Balaban J connectivity index is 1.93. The number of hydrogen-bond donors (Lipinski definition) is 1. The van der Waals surface area contributed by atoms with E-state index in [9.17, 15) is 4.79 Å². The molecule has 0 saturated heterocycles. The molecule has 1 heterocycles. The van der Waals surface area contributed by atoms with Gasteiger partial charge in [-0.05, 0) is 29.6 Å². The summed E-state index contributed by atoms with van der Waals surface area (Å²) in [6.45, 7) is 0. The number of thiophene rings is 1. The third kappa shape index (κ3) is 2.99. The fourth-order valence-corrected chi connectivity index (χ4v) is 3.06. The van der Waals surface area contributed by atoms with Crippen LogP contribution in [0.2, 0.25) is 5.02 Å². The summed E-state index contributed by atoms with van der Waals surface area (Å²) in [5, 5.41) is 5.40. The van der Waals surface area contributed by atoms with Crippen molar-refractivity contribution in [3.63, 3.8) is 0 Å². The zero-order valence-electron chi connectivity index (χ0n) is 11.0. The predicted molar refractivity (Wildman–Crippen MR) is 89.2 cm³/mol. The molecule has 0 unspecified atom stereocenters. The number of carbonyl (C=O) groups excluding carboxylic acids is 1. The standard InChI is InChI=1S/C17H12ClNOS/c18-14-8-3-1-6-12(14)17(20)19-15-9-4-2-7-13(15)16-10-5-11-21-16/h1-11H,(H,19,20). The van der Waals surface area contributed by atoms with Crippen LogP contribution in [0, 0.1) is 0 Å². The van der Waals surface area contributed by atoms with Gasteiger partial charge in [-0.15, -0.1) is 11.3 Å². The van der Waals surface area contributed by atoms with Gasteiger partial charge in [-0.25, -0.2) is 0 Å². The Bertz CT molecular complexity index is 768. The minimum atomic E-state index is -0.204. The number of hydrogen-bond acceptors (Lipinski definition) is 2. The van der Waals surface area contributed by atoms with Crippen LogP contribution in [0.5, 0.6) is 0 Å². The van der Waals surface area contributed by atoms with Crippen molar-refractivity contribution >= 4 is 34.5 Å². The van der Waals surface area contributed by atoms with Crippen molar-refractivity contribution in [2.75, 3.05) is 5.32 Å². The average Bonchev–Trinajstić information content (AvgIpc) is 3.02. The van der Waals surface area contributed by atoms with E-state index in [1.165, 1.54) is 0 Å². The second-order valence-corrected chi connectivity index (χ2v) is 5.81. The Morgan fingerprint density at radius 1 is 0.952 bits per heavy atom. The highest BCUT2D eigenvalue weighted by Gasteiger charge is 2.12. The van der Waals surface area contributed by atoms with Gasteiger partial charge in [0.15, 0.2) is 0 Å². The van der Waals surface area contributed by atoms with Crippen molar-refractivity contribution in [2.24, 2.45) is 0 Å². The maximum atomic E-state index is 12.4. The number of para-hydroxylation sites is 1. The molecule has 1 N–H and O–H groups in total. The molecule has 0 spiro atoms. The van der Waals surface area contributed by atoms with E-state index in [-0.39, 0.29) is 5.91 Å². The first kappa shape index (κ1) is 13.9. The van der Waals surface area contributed by atoms with Crippen LogP contribution in [0.3, 0.4) is 0 Å². The van der Waals surface area contributed by atoms with Gasteiger partial charge in [0, 0.05) is 16.1 Å². The molecule has 0 radical (unpaired) electrons. The Hall–Kier alpha value is -2.10. The summed E-state index contributed by atoms with van der Waals surface area (Å²) in [5.74, 6) is -0.204. The van der Waals surface area contributed by atoms with E-state index < -0.39 is 0 Å². The third-order valence-electron chi connectivity index (χ3n) is 3.08. The highest BCUT2D eigenvalue weighted by Crippen LogP contribution is 2.31. The van der Waals surface area contributed by atoms with Gasteiger partial charge in [0.25, 0.3) is 5.91 Å². The molecule has 104 valence electrons. The minimum Gasteiger partial charge on any atom is -0.321 e. The Labute approximate surface area is 132 Å². The van der Waals surface area contributed by atoms with Crippen LogP contribution in [-0.4, -0.2) is 5.91 Å². The van der Waals surface area contributed by atoms with Crippen molar-refractivity contribution in [1.82, 2.24) is 0 Å². The van der Waals surface area contributed by atoms with Gasteiger partial charge in [-0.3, -0.25) is 4.79 Å². The van der Waals surface area contributed by atoms with Crippen molar-refractivity contribution in [3.05, 3.63) is 76.6 Å². The van der Waals surface area contributed by atoms with Gasteiger partial charge in [0.1, 0.15) is 0 Å². The van der Waals surface area contributed by atoms with Crippen molar-refractivity contribution in [3.8, 4) is 10.4 Å². The number of anilines is 1. The largest absolute Gasteiger partial charge is 0.321 e. The molecule has 3 rings (SSSR count). The molecule has 0 saturated carbocycles. The number of rotatable bonds is 3. The fraction of sp³-hybridized carbons (Fsp3) is 0. The maximum absolute atomic E-state index is 12.4. The normalized spacial score (nSPS) is 10.3. The molecule has 0 aliphatic heterocycles. The van der Waals surface area contributed by atoms with Gasteiger partial charge in [0.2, 0.25) is 0 Å². The summed E-state index contributed by atoms with van der Waals surface area (Å²) in [6.07, 6.45) is 0. The Morgan fingerprint density at radius 3 is 2.48 bits per heavy atom. The van der Waals surface area contributed by atoms with Crippen LogP contribution in [-0.2, 0) is 0 Å². The van der Waals surface area contributed by atoms with Crippen molar-refractivity contribution < 1.29 is 4.79 Å². The highest BCUT2D eigenvalue weighted by atomic mass is 35.5. The summed E-state index contributed by atoms with van der Waals surface area (Å²) in [4.78, 5) is 13.5. The predicted octanol–water partition coefficient (Wildman–Crippen LogP) is 5.32. The molecular formula is C17H12ClNOS. The number of nitrogens with one attached hydrogen (secondary N) is 1. The van der Waals surface area contributed by atoms with E-state index in [0.717, 1.165) is 16.1 Å². The lowest BCUT2D eigenvalue weighted by atomic mass is 10.1. The van der Waals surface area contributed by atoms with E-state index in [1.807, 2.05) is 41.8 Å². The van der Waals surface area contributed by atoms with E-state index in [4.69, 9.17) is 11.6 Å². The monoisotopic (exact) mass is 313 g/mol. The first-order valence-electron chi connectivity index (χ1n) is 6.44. The molecule has 1 aromatic heterocycles. The quantitative estimate of drug-likeness (QED) is 0.696. The van der Waals surface area contributed by atoms with Gasteiger partial charge in [-0.1, -0.05) is 48.0 Å². The van der Waals surface area contributed by atoms with Crippen LogP contribution in [0.4, 0.5) is 5.69 Å². The number of carbonyl (C=O) groups is 1. The minimum absolute atomic E-state index is 0.204. The first-order valence-corrected chi connectivity index (χ1v) is 7.70. The zero-order chi connectivity index (χ0) is 14.7. The summed E-state index contributed by atoms with van der Waals surface area (Å²) in [5.41, 5.74) is 2.26. The van der Waals surface area contributed by atoms with E-state index >= 15 is 0 Å². The Morgan fingerprint density at radius 2 is 1.71 bits per heavy atom. The molecule has 1 amide bonds. The summed E-state index contributed by atoms with van der Waals surface area (Å²) in [6, 6.07) is 18.8. The zero-order valence-corrected chi connectivity index (χ0v) is 12.6. The average molecular weight is 314 g/mol. The summed E-state index contributed by atoms with van der Waals surface area (Å²) < 4.78 is 0. The Kier molecular flexibility index (Phi) is 4.04. The maximum Gasteiger partial charge on any atom is 0.257 e. The summed E-state index contributed by atoms with van der Waals surface area (Å²) in [7, 11) is 0. The van der Waals surface area contributed by atoms with E-state index in [2.05, 4.69) is 5.32 Å². The molecule has 2 nitrogen and oxygen atoms in total. The molecule has 0 atom stereocenters. The lowest BCUT2D eigenvalue weighted by Gasteiger charge is -2.10. The molecule has 21 heavy (non-hydrogen) atoms. The van der Waals surface area contributed by atoms with E-state index in [0.29, 0.717) is 10.6 Å². The second kappa shape index (κ2) is 6.12. The molecular weight excluding hydrogens is 302 g/mol. The van der Waals surface area contributed by atoms with Crippen LogP contribution < -0.4 is 5.32 Å². The highest BCUT2D eigenvalue weighted by molar-refractivity contribution is 7.13. The van der Waals surface area contributed by atoms with Crippen LogP contribution >= 0.6 is 22.9 Å². The van der Waals surface area contributed by atoms with Crippen molar-refractivity contribution in [2.45, 2.75) is 0 Å². The summed E-state index contributed by atoms with van der Waals surface area (Å²) >= 11 is 7.70. The topological polar surface area (TPSA) is 29.1 Å². The number of halogens is 1. The fourth-order valence-electron chi connectivity index (χ4n) is 2.07. The molecule has 3 aromatic rings. The first-order chi connectivity index (χ1) is 10.3. The van der Waals surface area contributed by atoms with Crippen LogP contribution in [0.1, 0.15) is 10.4 Å². The molecule has 0 aliphatic carbocycles. The molecule has 4 heteroatoms. The number of amides is 1. The van der Waals surface area contributed by atoms with Gasteiger partial charge in [0.05, 0.1) is 10.6 Å².